The van der Waals surface area contributed by atoms with Crippen molar-refractivity contribution in [2.45, 2.75) is 38.1 Å². The molecule has 1 N–H and O–H groups in total. The Balaban J connectivity index is 1.81. The minimum atomic E-state index is -0.0735. The molecule has 0 aromatic rings. The largest absolute Gasteiger partial charge is 0.394 e. The Morgan fingerprint density at radius 2 is 2.00 bits per heavy atom. The maximum Gasteiger partial charge on any atom is 0.161 e. The van der Waals surface area contributed by atoms with Crippen LogP contribution >= 0.6 is 0 Å². The third-order valence-electron chi connectivity index (χ3n) is 2.76. The molecule has 2 fully saturated rings. The Bertz CT molecular complexity index is 143. The summed E-state index contributed by atoms with van der Waals surface area (Å²) in [5.41, 5.74) is 0. The molecule has 1 saturated carbocycles. The first-order chi connectivity index (χ1) is 5.90. The quantitative estimate of drug-likeness (QED) is 0.673. The monoisotopic (exact) mass is 172 g/mol. The normalized spacial score (nSPS) is 37.8. The van der Waals surface area contributed by atoms with Crippen LogP contribution in [0.25, 0.3) is 0 Å². The Morgan fingerprint density at radius 1 is 1.25 bits per heavy atom. The highest BCUT2D eigenvalue weighted by Gasteiger charge is 2.33. The van der Waals surface area contributed by atoms with E-state index in [0.29, 0.717) is 12.5 Å². The Morgan fingerprint density at radius 3 is 2.58 bits per heavy atom. The third-order valence-corrected chi connectivity index (χ3v) is 2.76. The molecule has 1 aliphatic heterocycles. The lowest BCUT2D eigenvalue weighted by Crippen LogP contribution is -2.21. The molecule has 0 aromatic carbocycles. The minimum Gasteiger partial charge on any atom is -0.394 e. The second-order valence-corrected chi connectivity index (χ2v) is 3.69. The van der Waals surface area contributed by atoms with Gasteiger partial charge in [0.1, 0.15) is 6.10 Å². The summed E-state index contributed by atoms with van der Waals surface area (Å²) < 4.78 is 11.0. The molecule has 0 amide bonds. The number of hydrogen-bond acceptors (Lipinski definition) is 3. The molecule has 0 radical (unpaired) electrons. The molecule has 0 spiro atoms. The molecular weight excluding hydrogens is 156 g/mol. The summed E-state index contributed by atoms with van der Waals surface area (Å²) in [5.74, 6) is 0.585. The third kappa shape index (κ3) is 1.63. The number of aliphatic hydroxyl groups excluding tert-OH is 1. The van der Waals surface area contributed by atoms with Crippen molar-refractivity contribution in [1.29, 1.82) is 0 Å². The smallest absolute Gasteiger partial charge is 0.161 e. The van der Waals surface area contributed by atoms with Gasteiger partial charge in [-0.15, -0.1) is 0 Å². The molecule has 2 rings (SSSR count). The van der Waals surface area contributed by atoms with Crippen molar-refractivity contribution in [2.75, 3.05) is 13.2 Å². The van der Waals surface area contributed by atoms with E-state index in [2.05, 4.69) is 0 Å². The molecule has 1 heterocycles. The second-order valence-electron chi connectivity index (χ2n) is 3.69. The average Bonchev–Trinajstić information content (AvgIpc) is 2.75. The Kier molecular flexibility index (Phi) is 2.63. The van der Waals surface area contributed by atoms with E-state index in [4.69, 9.17) is 14.6 Å². The van der Waals surface area contributed by atoms with Crippen molar-refractivity contribution in [3.8, 4) is 0 Å². The molecule has 0 bridgehead atoms. The summed E-state index contributed by atoms with van der Waals surface area (Å²) in [5, 5.41) is 8.82. The maximum absolute atomic E-state index is 8.82. The van der Waals surface area contributed by atoms with Gasteiger partial charge in [-0.25, -0.2) is 0 Å². The summed E-state index contributed by atoms with van der Waals surface area (Å²) in [4.78, 5) is 0. The predicted molar refractivity (Wildman–Crippen MR) is 43.7 cm³/mol. The van der Waals surface area contributed by atoms with Crippen LogP contribution in [0.15, 0.2) is 0 Å². The number of ether oxygens (including phenoxy) is 2. The fraction of sp³-hybridized carbons (Fsp3) is 1.00. The molecule has 2 atom stereocenters. The van der Waals surface area contributed by atoms with E-state index < -0.39 is 0 Å². The lowest BCUT2D eigenvalue weighted by molar-refractivity contribution is -0.0998. The van der Waals surface area contributed by atoms with Gasteiger partial charge in [-0.05, 0) is 12.8 Å². The molecule has 70 valence electrons. The number of hydrogen-bond donors (Lipinski definition) is 1. The summed E-state index contributed by atoms with van der Waals surface area (Å²) in [6.07, 6.45) is 4.96. The van der Waals surface area contributed by atoms with Gasteiger partial charge in [0.05, 0.1) is 13.2 Å². The maximum atomic E-state index is 8.82. The summed E-state index contributed by atoms with van der Waals surface area (Å²) in [6.45, 7) is 0.654. The van der Waals surface area contributed by atoms with Gasteiger partial charge in [0.15, 0.2) is 6.29 Å². The molecule has 3 nitrogen and oxygen atoms in total. The van der Waals surface area contributed by atoms with Crippen LogP contribution in [-0.4, -0.2) is 30.7 Å². The van der Waals surface area contributed by atoms with Crippen LogP contribution in [0.4, 0.5) is 0 Å². The van der Waals surface area contributed by atoms with Crippen molar-refractivity contribution in [3.05, 3.63) is 0 Å². The van der Waals surface area contributed by atoms with E-state index in [0.717, 1.165) is 0 Å². The Labute approximate surface area is 72.7 Å². The van der Waals surface area contributed by atoms with Crippen molar-refractivity contribution in [3.63, 3.8) is 0 Å². The predicted octanol–water partition coefficient (Wildman–Crippen LogP) is 0.910. The van der Waals surface area contributed by atoms with Crippen LogP contribution in [0.2, 0.25) is 0 Å². The zero-order valence-corrected chi connectivity index (χ0v) is 7.24. The van der Waals surface area contributed by atoms with Crippen molar-refractivity contribution >= 4 is 0 Å². The van der Waals surface area contributed by atoms with Crippen LogP contribution in [-0.2, 0) is 9.47 Å². The molecular formula is C9H16O3. The first kappa shape index (κ1) is 8.48. The molecule has 2 unspecified atom stereocenters. The lowest BCUT2D eigenvalue weighted by Gasteiger charge is -2.16. The highest BCUT2D eigenvalue weighted by atomic mass is 16.7. The van der Waals surface area contributed by atoms with Crippen molar-refractivity contribution in [2.24, 2.45) is 5.92 Å². The molecule has 1 saturated heterocycles. The minimum absolute atomic E-state index is 0.0235. The van der Waals surface area contributed by atoms with E-state index >= 15 is 0 Å². The summed E-state index contributed by atoms with van der Waals surface area (Å²) >= 11 is 0. The van der Waals surface area contributed by atoms with Crippen LogP contribution < -0.4 is 0 Å². The van der Waals surface area contributed by atoms with Gasteiger partial charge < -0.3 is 14.6 Å². The fourth-order valence-electron chi connectivity index (χ4n) is 2.04. The van der Waals surface area contributed by atoms with Gasteiger partial charge in [0.2, 0.25) is 0 Å². The van der Waals surface area contributed by atoms with Gasteiger partial charge in [0, 0.05) is 5.92 Å². The summed E-state index contributed by atoms with van der Waals surface area (Å²) in [6, 6.07) is 0. The van der Waals surface area contributed by atoms with Crippen LogP contribution in [0, 0.1) is 5.92 Å². The van der Waals surface area contributed by atoms with Gasteiger partial charge >= 0.3 is 0 Å². The van der Waals surface area contributed by atoms with Crippen LogP contribution in [0.3, 0.4) is 0 Å². The molecule has 0 aromatic heterocycles. The zero-order chi connectivity index (χ0) is 8.39. The van der Waals surface area contributed by atoms with E-state index in [1.54, 1.807) is 0 Å². The molecule has 12 heavy (non-hydrogen) atoms. The van der Waals surface area contributed by atoms with Crippen molar-refractivity contribution < 1.29 is 14.6 Å². The standard InChI is InChI=1S/C9H16O3/c10-5-8-6-11-9(12-8)7-3-1-2-4-7/h7-10H,1-6H2. The van der Waals surface area contributed by atoms with Gasteiger partial charge in [-0.3, -0.25) is 0 Å². The second kappa shape index (κ2) is 3.73. The van der Waals surface area contributed by atoms with E-state index in [-0.39, 0.29) is 19.0 Å². The molecule has 2 aliphatic rings. The number of aliphatic hydroxyl groups is 1. The summed E-state index contributed by atoms with van der Waals surface area (Å²) in [7, 11) is 0. The highest BCUT2D eigenvalue weighted by molar-refractivity contribution is 4.75. The SMILES string of the molecule is OCC1COC(C2CCCC2)O1. The number of rotatable bonds is 2. The molecule has 3 heteroatoms. The lowest BCUT2D eigenvalue weighted by atomic mass is 10.1. The van der Waals surface area contributed by atoms with Gasteiger partial charge in [0.25, 0.3) is 0 Å². The Hall–Kier alpha value is -0.120. The van der Waals surface area contributed by atoms with Gasteiger partial charge in [-0.1, -0.05) is 12.8 Å². The fourth-order valence-corrected chi connectivity index (χ4v) is 2.04. The van der Waals surface area contributed by atoms with E-state index in [1.807, 2.05) is 0 Å². The molecule has 1 aliphatic carbocycles. The highest BCUT2D eigenvalue weighted by Crippen LogP contribution is 2.32. The van der Waals surface area contributed by atoms with Crippen LogP contribution in [0.5, 0.6) is 0 Å². The average molecular weight is 172 g/mol. The first-order valence-corrected chi connectivity index (χ1v) is 4.78. The van der Waals surface area contributed by atoms with Crippen molar-refractivity contribution in [1.82, 2.24) is 0 Å². The van der Waals surface area contributed by atoms with E-state index in [1.165, 1.54) is 25.7 Å². The first-order valence-electron chi connectivity index (χ1n) is 4.78. The zero-order valence-electron chi connectivity index (χ0n) is 7.24. The van der Waals surface area contributed by atoms with E-state index in [9.17, 15) is 0 Å². The topological polar surface area (TPSA) is 38.7 Å². The van der Waals surface area contributed by atoms with Gasteiger partial charge in [-0.2, -0.15) is 0 Å². The van der Waals surface area contributed by atoms with Crippen LogP contribution in [0.1, 0.15) is 25.7 Å².